The Morgan fingerprint density at radius 3 is 1.63 bits per heavy atom. The fraction of sp³-hybridized carbons (Fsp3) is 0.240. The van der Waals surface area contributed by atoms with E-state index in [1.165, 1.54) is 0 Å². The van der Waals surface area contributed by atoms with Crippen molar-refractivity contribution in [2.45, 2.75) is 39.8 Å². The maximum Gasteiger partial charge on any atom is 0.229 e. The van der Waals surface area contributed by atoms with Crippen LogP contribution in [0.3, 0.4) is 0 Å². The van der Waals surface area contributed by atoms with Crippen molar-refractivity contribution in [2.24, 2.45) is 0 Å². The second kappa shape index (κ2) is 20.5. The molecule has 0 saturated heterocycles. The lowest BCUT2D eigenvalue weighted by molar-refractivity contribution is 0.183. The summed E-state index contributed by atoms with van der Waals surface area (Å²) in [6, 6.07) is 31.9. The molecule has 0 radical (unpaired) electrons. The topological polar surface area (TPSA) is 189 Å². The van der Waals surface area contributed by atoms with E-state index in [4.69, 9.17) is 29.4 Å². The Balaban J connectivity index is 0.000000169. The van der Waals surface area contributed by atoms with Crippen LogP contribution in [0.25, 0.3) is 11.4 Å². The van der Waals surface area contributed by atoms with Gasteiger partial charge in [-0.15, -0.1) is 0 Å². The van der Waals surface area contributed by atoms with Gasteiger partial charge in [-0.2, -0.15) is 9.97 Å². The van der Waals surface area contributed by atoms with Crippen LogP contribution >= 0.6 is 0 Å². The molecule has 0 unspecified atom stereocenters. The van der Waals surface area contributed by atoms with Crippen LogP contribution in [0, 0.1) is 13.8 Å². The van der Waals surface area contributed by atoms with Crippen molar-refractivity contribution >= 4 is 46.3 Å². The number of imidazole rings is 2. The van der Waals surface area contributed by atoms with Crippen LogP contribution < -0.4 is 36.1 Å². The molecule has 0 atom stereocenters. The number of aryl methyl sites for hydroxylation is 2. The molecule has 0 spiro atoms. The van der Waals surface area contributed by atoms with Gasteiger partial charge in [-0.3, -0.25) is 4.90 Å². The minimum absolute atomic E-state index is 0.133. The Morgan fingerprint density at radius 1 is 0.612 bits per heavy atom. The Morgan fingerprint density at radius 2 is 1.13 bits per heavy atom. The van der Waals surface area contributed by atoms with E-state index in [1.54, 1.807) is 26.9 Å². The number of aliphatic hydroxyl groups is 1. The second-order valence-corrected chi connectivity index (χ2v) is 16.2. The van der Waals surface area contributed by atoms with Crippen LogP contribution in [0.4, 0.5) is 46.3 Å². The molecule has 0 bridgehead atoms. The maximum absolute atomic E-state index is 9.40. The summed E-state index contributed by atoms with van der Waals surface area (Å²) >= 11 is 0. The molecule has 67 heavy (non-hydrogen) atoms. The molecule has 17 heteroatoms. The van der Waals surface area contributed by atoms with Crippen LogP contribution in [-0.4, -0.2) is 89.5 Å². The van der Waals surface area contributed by atoms with Crippen LogP contribution in [0.1, 0.15) is 33.9 Å². The van der Waals surface area contributed by atoms with Gasteiger partial charge >= 0.3 is 0 Å². The monoisotopic (exact) mass is 898 g/mol. The summed E-state index contributed by atoms with van der Waals surface area (Å²) in [4.78, 5) is 30.1. The average molecular weight is 899 g/mol. The molecule has 2 aliphatic heterocycles. The highest BCUT2D eigenvalue weighted by molar-refractivity contribution is 5.68. The first-order chi connectivity index (χ1) is 32.8. The Labute approximate surface area is 389 Å². The lowest BCUT2D eigenvalue weighted by atomic mass is 10.1. The fourth-order valence-electron chi connectivity index (χ4n) is 8.08. The molecule has 0 saturated carbocycles. The molecule has 8 aromatic rings. The number of hydrogen-bond donors (Lipinski definition) is 6. The molecular formula is C50H54N14O3. The van der Waals surface area contributed by atoms with Crippen molar-refractivity contribution in [3.05, 3.63) is 156 Å². The van der Waals surface area contributed by atoms with Gasteiger partial charge < -0.3 is 50.3 Å². The predicted octanol–water partition coefficient (Wildman–Crippen LogP) is 7.93. The normalized spacial score (nSPS) is 13.1. The van der Waals surface area contributed by atoms with Crippen LogP contribution in [0.5, 0.6) is 11.5 Å². The van der Waals surface area contributed by atoms with E-state index in [2.05, 4.69) is 41.5 Å². The molecule has 0 amide bonds. The third kappa shape index (κ3) is 10.7. The third-order valence-corrected chi connectivity index (χ3v) is 11.4. The number of aliphatic hydroxyl groups excluding tert-OH is 1. The van der Waals surface area contributed by atoms with Gasteiger partial charge in [0.15, 0.2) is 0 Å². The van der Waals surface area contributed by atoms with Crippen molar-refractivity contribution in [2.75, 3.05) is 61.7 Å². The summed E-state index contributed by atoms with van der Waals surface area (Å²) in [6.07, 6.45) is 9.12. The number of hydrogen-bond acceptors (Lipinski definition) is 15. The number of ether oxygens (including phenoxy) is 2. The van der Waals surface area contributed by atoms with Crippen molar-refractivity contribution in [1.29, 1.82) is 0 Å². The van der Waals surface area contributed by atoms with E-state index in [1.807, 2.05) is 132 Å². The number of rotatable bonds is 14. The number of benzene rings is 4. The molecule has 4 aromatic heterocycles. The lowest BCUT2D eigenvalue weighted by Crippen LogP contribution is -2.34. The molecule has 2 aliphatic rings. The Bertz CT molecular complexity index is 2940. The number of β-amino-alcohol motifs (C(OH)–C–C–N with tert-alkyl or cyclic N) is 1. The minimum Gasteiger partial charge on any atom is -0.494 e. The number of aromatic nitrogens is 8. The Kier molecular flexibility index (Phi) is 13.6. The SMILES string of the molecule is COc1cc(Nc2nc3c(c(Nc4ccccc4)n2)CN(CCO)CC3)ccc1-n1cnc(C)c1.COc1cc(Nc2nc3c(c(Nc4ccccc4)n2)CNCC3)ccc1-n1cnc(C)c1. The van der Waals surface area contributed by atoms with Gasteiger partial charge in [-0.25, -0.2) is 19.9 Å². The van der Waals surface area contributed by atoms with E-state index in [0.29, 0.717) is 30.7 Å². The maximum atomic E-state index is 9.40. The summed E-state index contributed by atoms with van der Waals surface area (Å²) in [7, 11) is 3.32. The quantitative estimate of drug-likeness (QED) is 0.0617. The van der Waals surface area contributed by atoms with Crippen LogP contribution in [-0.2, 0) is 25.9 Å². The van der Waals surface area contributed by atoms with Gasteiger partial charge in [0.25, 0.3) is 0 Å². The first kappa shape index (κ1) is 44.3. The van der Waals surface area contributed by atoms with E-state index in [-0.39, 0.29) is 6.61 Å². The zero-order valence-corrected chi connectivity index (χ0v) is 38.0. The van der Waals surface area contributed by atoms with Crippen LogP contribution in [0.15, 0.2) is 122 Å². The van der Waals surface area contributed by atoms with Gasteiger partial charge in [-0.1, -0.05) is 36.4 Å². The smallest absolute Gasteiger partial charge is 0.229 e. The minimum atomic E-state index is 0.133. The number of fused-ring (bicyclic) bond motifs is 2. The summed E-state index contributed by atoms with van der Waals surface area (Å²) in [5, 5.41) is 26.4. The highest BCUT2D eigenvalue weighted by Gasteiger charge is 2.23. The number of nitrogens with one attached hydrogen (secondary N) is 5. The zero-order chi connectivity index (χ0) is 46.1. The van der Waals surface area contributed by atoms with E-state index < -0.39 is 0 Å². The fourth-order valence-corrected chi connectivity index (χ4v) is 8.08. The molecule has 10 rings (SSSR count). The number of para-hydroxylation sites is 2. The largest absolute Gasteiger partial charge is 0.494 e. The van der Waals surface area contributed by atoms with E-state index in [0.717, 1.165) is 118 Å². The molecule has 4 aromatic carbocycles. The van der Waals surface area contributed by atoms with Gasteiger partial charge in [0, 0.05) is 104 Å². The first-order valence-corrected chi connectivity index (χ1v) is 22.2. The zero-order valence-electron chi connectivity index (χ0n) is 38.0. The molecule has 17 nitrogen and oxygen atoms in total. The van der Waals surface area contributed by atoms with Crippen molar-refractivity contribution in [3.8, 4) is 22.9 Å². The lowest BCUT2D eigenvalue weighted by Gasteiger charge is -2.29. The molecule has 0 fully saturated rings. The van der Waals surface area contributed by atoms with Crippen molar-refractivity contribution < 1.29 is 14.6 Å². The van der Waals surface area contributed by atoms with Gasteiger partial charge in [0.05, 0.1) is 67.6 Å². The first-order valence-electron chi connectivity index (χ1n) is 22.2. The number of nitrogens with zero attached hydrogens (tertiary/aromatic N) is 9. The highest BCUT2D eigenvalue weighted by Crippen LogP contribution is 2.33. The molecular weight excluding hydrogens is 845 g/mol. The third-order valence-electron chi connectivity index (χ3n) is 11.4. The molecule has 6 N–H and O–H groups in total. The van der Waals surface area contributed by atoms with Gasteiger partial charge in [0.2, 0.25) is 11.9 Å². The summed E-state index contributed by atoms with van der Waals surface area (Å²) in [6.45, 7) is 7.87. The average Bonchev–Trinajstić information content (AvgIpc) is 4.00. The van der Waals surface area contributed by atoms with Crippen molar-refractivity contribution in [1.82, 2.24) is 49.3 Å². The summed E-state index contributed by atoms with van der Waals surface area (Å²) in [5.41, 5.74) is 11.6. The Hall–Kier alpha value is -7.86. The summed E-state index contributed by atoms with van der Waals surface area (Å²) < 4.78 is 15.2. The molecule has 0 aliphatic carbocycles. The highest BCUT2D eigenvalue weighted by atomic mass is 16.5. The van der Waals surface area contributed by atoms with Crippen LogP contribution in [0.2, 0.25) is 0 Å². The van der Waals surface area contributed by atoms with E-state index >= 15 is 0 Å². The molecule has 6 heterocycles. The number of methoxy groups -OCH3 is 2. The predicted molar refractivity (Wildman–Crippen MR) is 261 cm³/mol. The van der Waals surface area contributed by atoms with Gasteiger partial charge in [0.1, 0.15) is 23.1 Å². The second-order valence-electron chi connectivity index (χ2n) is 16.2. The number of anilines is 8. The standard InChI is InChI=1S/C26H29N7O2.C24H25N7O/c1-18-15-33(17-27-18)23-9-8-20(14-24(23)35-2)29-26-30-22-10-11-32(12-13-34)16-21(22)25(31-26)28-19-6-4-3-5-7-19;1-16-14-31(15-26-16)21-9-8-18(12-22(21)32-2)28-24-29-20-10-11-25-13-19(20)23(30-24)27-17-6-4-3-5-7-17/h3-9,14-15,17,34H,10-13,16H2,1-2H3,(H2,28,29,30,31);3-9,12,14-15,25H,10-11,13H2,1-2H3,(H2,27,28,29,30). The van der Waals surface area contributed by atoms with Gasteiger partial charge in [-0.05, 0) is 62.4 Å². The molecule has 342 valence electrons. The summed E-state index contributed by atoms with van der Waals surface area (Å²) in [5.74, 6) is 4.10. The van der Waals surface area contributed by atoms with E-state index in [9.17, 15) is 5.11 Å². The van der Waals surface area contributed by atoms with Crippen molar-refractivity contribution in [3.63, 3.8) is 0 Å².